The van der Waals surface area contributed by atoms with Crippen molar-refractivity contribution in [1.82, 2.24) is 19.3 Å². The van der Waals surface area contributed by atoms with E-state index in [1.165, 1.54) is 22.4 Å². The molecule has 0 radical (unpaired) electrons. The fraction of sp³-hybridized carbons (Fsp3) is 0.538. The lowest BCUT2D eigenvalue weighted by molar-refractivity contribution is 0.0596. The predicted molar refractivity (Wildman–Crippen MR) is 131 cm³/mol. The van der Waals surface area contributed by atoms with Gasteiger partial charge in [0.05, 0.1) is 0 Å². The second-order valence-electron chi connectivity index (χ2n) is 9.47. The second kappa shape index (κ2) is 10.6. The number of aromatic nitrogens is 1. The van der Waals surface area contributed by atoms with Gasteiger partial charge in [-0.3, -0.25) is 19.4 Å². The highest BCUT2D eigenvalue weighted by Gasteiger charge is 2.28. The quantitative estimate of drug-likeness (QED) is 0.645. The monoisotopic (exact) mass is 468 g/mol. The van der Waals surface area contributed by atoms with Crippen molar-refractivity contribution in [3.8, 4) is 11.5 Å². The molecule has 8 nitrogen and oxygen atoms in total. The predicted octanol–water partition coefficient (Wildman–Crippen LogP) is 1.82. The molecule has 0 bridgehead atoms. The number of rotatable bonds is 7. The lowest BCUT2D eigenvalue weighted by Gasteiger charge is -2.39. The summed E-state index contributed by atoms with van der Waals surface area (Å²) in [6.07, 6.45) is 5.57. The maximum Gasteiger partial charge on any atom is 0.274 e. The fourth-order valence-corrected chi connectivity index (χ4v) is 5.31. The molecular formula is C26H36N4O4. The van der Waals surface area contributed by atoms with Crippen LogP contribution in [0.2, 0.25) is 0 Å². The first-order valence-corrected chi connectivity index (χ1v) is 12.3. The molecule has 0 saturated carbocycles. The van der Waals surface area contributed by atoms with E-state index in [4.69, 9.17) is 0 Å². The summed E-state index contributed by atoms with van der Waals surface area (Å²) in [7, 11) is 1.66. The van der Waals surface area contributed by atoms with Crippen LogP contribution in [-0.4, -0.2) is 87.2 Å². The molecule has 0 spiro atoms. The third-order valence-electron chi connectivity index (χ3n) is 7.28. The average Bonchev–Trinajstić information content (AvgIpc) is 2.84. The minimum absolute atomic E-state index is 0.0543. The van der Waals surface area contributed by atoms with Gasteiger partial charge in [0, 0.05) is 64.6 Å². The summed E-state index contributed by atoms with van der Waals surface area (Å²) in [4.78, 5) is 31.4. The van der Waals surface area contributed by atoms with Crippen molar-refractivity contribution in [3.05, 3.63) is 57.5 Å². The van der Waals surface area contributed by atoms with E-state index >= 15 is 0 Å². The minimum atomic E-state index is -0.531. The molecule has 184 valence electrons. The molecule has 34 heavy (non-hydrogen) atoms. The Kier molecular flexibility index (Phi) is 7.58. The maximum absolute atomic E-state index is 12.9. The zero-order valence-electron chi connectivity index (χ0n) is 20.2. The van der Waals surface area contributed by atoms with Crippen molar-refractivity contribution in [1.29, 1.82) is 0 Å². The van der Waals surface area contributed by atoms with Gasteiger partial charge in [0.15, 0.2) is 11.4 Å². The first-order valence-electron chi connectivity index (χ1n) is 12.3. The zero-order valence-corrected chi connectivity index (χ0v) is 20.2. The van der Waals surface area contributed by atoms with E-state index < -0.39 is 11.2 Å². The Labute approximate surface area is 201 Å². The van der Waals surface area contributed by atoms with Gasteiger partial charge in [-0.05, 0) is 49.4 Å². The van der Waals surface area contributed by atoms with E-state index in [2.05, 4.69) is 22.8 Å². The van der Waals surface area contributed by atoms with Crippen LogP contribution in [-0.2, 0) is 19.9 Å². The van der Waals surface area contributed by atoms with E-state index in [1.54, 1.807) is 18.0 Å². The number of benzene rings is 1. The molecule has 0 unspecified atom stereocenters. The van der Waals surface area contributed by atoms with Gasteiger partial charge in [-0.25, -0.2) is 0 Å². The van der Waals surface area contributed by atoms with Crippen LogP contribution in [0.1, 0.15) is 41.4 Å². The molecule has 8 heteroatoms. The van der Waals surface area contributed by atoms with Crippen LogP contribution < -0.4 is 5.43 Å². The Morgan fingerprint density at radius 2 is 1.88 bits per heavy atom. The second-order valence-corrected chi connectivity index (χ2v) is 9.47. The first-order chi connectivity index (χ1) is 16.4. The van der Waals surface area contributed by atoms with Crippen LogP contribution in [0.25, 0.3) is 0 Å². The van der Waals surface area contributed by atoms with Crippen LogP contribution in [0.5, 0.6) is 11.5 Å². The van der Waals surface area contributed by atoms with Crippen LogP contribution in [0.4, 0.5) is 0 Å². The zero-order chi connectivity index (χ0) is 24.2. The molecule has 1 aliphatic carbocycles. The van der Waals surface area contributed by atoms with Gasteiger partial charge in [-0.2, -0.15) is 0 Å². The van der Waals surface area contributed by atoms with Crippen molar-refractivity contribution in [2.75, 3.05) is 45.8 Å². The van der Waals surface area contributed by atoms with Gasteiger partial charge < -0.3 is 19.7 Å². The van der Waals surface area contributed by atoms with Crippen LogP contribution in [0.3, 0.4) is 0 Å². The number of nitrogens with zero attached hydrogens (tertiary/aromatic N) is 4. The Balaban J connectivity index is 1.32. The van der Waals surface area contributed by atoms with Crippen LogP contribution >= 0.6 is 0 Å². The summed E-state index contributed by atoms with van der Waals surface area (Å²) < 4.78 is 1.51. The number of hydrogen-bond acceptors (Lipinski definition) is 6. The number of hydrogen-bond donors (Lipinski definition) is 2. The largest absolute Gasteiger partial charge is 0.508 e. The van der Waals surface area contributed by atoms with Crippen molar-refractivity contribution in [3.63, 3.8) is 0 Å². The first kappa shape index (κ1) is 24.3. The molecule has 4 rings (SSSR count). The van der Waals surface area contributed by atoms with E-state index in [-0.39, 0.29) is 11.6 Å². The highest BCUT2D eigenvalue weighted by atomic mass is 16.3. The molecule has 1 aromatic heterocycles. The Morgan fingerprint density at radius 1 is 1.12 bits per heavy atom. The minimum Gasteiger partial charge on any atom is -0.508 e. The van der Waals surface area contributed by atoms with Gasteiger partial charge in [0.2, 0.25) is 5.43 Å². The summed E-state index contributed by atoms with van der Waals surface area (Å²) >= 11 is 0. The maximum atomic E-state index is 12.9. The smallest absolute Gasteiger partial charge is 0.274 e. The Morgan fingerprint density at radius 3 is 2.62 bits per heavy atom. The van der Waals surface area contributed by atoms with E-state index in [1.807, 2.05) is 6.07 Å². The van der Waals surface area contributed by atoms with Gasteiger partial charge in [0.1, 0.15) is 5.75 Å². The molecule has 1 amide bonds. The molecular weight excluding hydrogens is 432 g/mol. The standard InChI is InChI=1S/C26H36N4O4/c1-3-10-29(20-7-8-21-19(18-20)5-4-6-22(21)31)15-12-28-13-16-30(17-14-28)26(34)24-25(33)23(32)9-11-27(24)2/h4-6,9,11,20,31,33H,3,7-8,10,12-18H2,1-2H3/t20-/m0/s1. The number of piperazine rings is 1. The highest BCUT2D eigenvalue weighted by molar-refractivity contribution is 5.95. The van der Waals surface area contributed by atoms with E-state index in [9.17, 15) is 19.8 Å². The number of phenolic OH excluding ortho intramolecular Hbond substituents is 1. The number of fused-ring (bicyclic) bond motifs is 1. The van der Waals surface area contributed by atoms with Crippen molar-refractivity contribution in [2.45, 2.75) is 38.6 Å². The topological polar surface area (TPSA) is 89.3 Å². The molecule has 1 saturated heterocycles. The lowest BCUT2D eigenvalue weighted by atomic mass is 9.87. The number of pyridine rings is 1. The molecule has 1 atom stereocenters. The number of carbonyl (C=O) groups is 1. The van der Waals surface area contributed by atoms with Crippen molar-refractivity contribution >= 4 is 5.91 Å². The third kappa shape index (κ3) is 5.13. The molecule has 1 aliphatic heterocycles. The summed E-state index contributed by atoms with van der Waals surface area (Å²) in [5.74, 6) is -0.349. The van der Waals surface area contributed by atoms with E-state index in [0.717, 1.165) is 64.0 Å². The molecule has 2 aromatic rings. The van der Waals surface area contributed by atoms with Crippen molar-refractivity contribution in [2.24, 2.45) is 7.05 Å². The fourth-order valence-electron chi connectivity index (χ4n) is 5.31. The lowest BCUT2D eigenvalue weighted by Crippen LogP contribution is -2.51. The summed E-state index contributed by atoms with van der Waals surface area (Å²) in [5.41, 5.74) is 1.90. The number of aromatic hydroxyl groups is 2. The highest BCUT2D eigenvalue weighted by Crippen LogP contribution is 2.30. The van der Waals surface area contributed by atoms with Gasteiger partial charge in [-0.1, -0.05) is 19.1 Å². The molecule has 1 aromatic carbocycles. The Hall–Kier alpha value is -2.84. The van der Waals surface area contributed by atoms with Crippen molar-refractivity contribution < 1.29 is 15.0 Å². The number of carbonyl (C=O) groups excluding carboxylic acids is 1. The summed E-state index contributed by atoms with van der Waals surface area (Å²) in [5, 5.41) is 20.3. The third-order valence-corrected chi connectivity index (χ3v) is 7.28. The van der Waals surface area contributed by atoms with Crippen LogP contribution in [0.15, 0.2) is 35.3 Å². The normalized spacial score (nSPS) is 18.8. The average molecular weight is 469 g/mol. The summed E-state index contributed by atoms with van der Waals surface area (Å²) in [6.45, 7) is 7.89. The van der Waals surface area contributed by atoms with Crippen LogP contribution in [0, 0.1) is 0 Å². The summed E-state index contributed by atoms with van der Waals surface area (Å²) in [6, 6.07) is 7.61. The van der Waals surface area contributed by atoms with Gasteiger partial charge in [0.25, 0.3) is 5.91 Å². The number of aryl methyl sites for hydroxylation is 1. The molecule has 2 heterocycles. The molecule has 2 N–H and O–H groups in total. The van der Waals surface area contributed by atoms with E-state index in [0.29, 0.717) is 24.9 Å². The number of amides is 1. The van der Waals surface area contributed by atoms with Gasteiger partial charge >= 0.3 is 0 Å². The molecule has 1 fully saturated rings. The SMILES string of the molecule is CCCN(CCN1CCN(C(=O)c2c(O)c(=O)ccn2C)CC1)[C@H]1CCc2c(O)cccc2C1. The number of phenols is 1. The Bertz CT molecular complexity index is 1070. The molecule has 2 aliphatic rings. The van der Waals surface area contributed by atoms with Gasteiger partial charge in [-0.15, -0.1) is 0 Å².